The normalized spacial score (nSPS) is 10.5. The van der Waals surface area contributed by atoms with Gasteiger partial charge >= 0.3 is 0 Å². The van der Waals surface area contributed by atoms with E-state index in [1.807, 2.05) is 18.2 Å². The quantitative estimate of drug-likeness (QED) is 0.512. The Balaban J connectivity index is 2.79. The molecule has 1 heterocycles. The third-order valence-electron chi connectivity index (χ3n) is 2.09. The molecule has 0 fully saturated rings. The average Bonchev–Trinajstić information content (AvgIpc) is 2.46. The smallest absolute Gasteiger partial charge is 0.161 e. The van der Waals surface area contributed by atoms with Crippen LogP contribution in [0.5, 0.6) is 0 Å². The van der Waals surface area contributed by atoms with Crippen LogP contribution in [0.2, 0.25) is 0 Å². The molecule has 0 bridgehead atoms. The molecule has 0 saturated heterocycles. The summed E-state index contributed by atoms with van der Waals surface area (Å²) < 4.78 is 0. The standard InChI is InChI=1S/C10H10N2O/c1-6(13)9-5-12-10-3-2-7(11)4-8(9)10/h2-5,12H,11H2,1H3. The van der Waals surface area contributed by atoms with E-state index in [4.69, 9.17) is 5.73 Å². The van der Waals surface area contributed by atoms with Crippen molar-refractivity contribution in [2.75, 3.05) is 5.73 Å². The molecular formula is C10H10N2O. The fourth-order valence-corrected chi connectivity index (χ4v) is 1.43. The lowest BCUT2D eigenvalue weighted by Crippen LogP contribution is -1.89. The Morgan fingerprint density at radius 1 is 1.46 bits per heavy atom. The van der Waals surface area contributed by atoms with Crippen molar-refractivity contribution in [3.8, 4) is 0 Å². The van der Waals surface area contributed by atoms with Gasteiger partial charge in [-0.1, -0.05) is 0 Å². The number of Topliss-reactive ketones (excluding diaryl/α,β-unsaturated/α-hetero) is 1. The molecule has 1 aromatic heterocycles. The second-order valence-electron chi connectivity index (χ2n) is 3.06. The predicted octanol–water partition coefficient (Wildman–Crippen LogP) is 1.95. The van der Waals surface area contributed by atoms with Gasteiger partial charge in [0.1, 0.15) is 0 Å². The van der Waals surface area contributed by atoms with E-state index in [2.05, 4.69) is 4.98 Å². The molecule has 0 aliphatic heterocycles. The van der Waals surface area contributed by atoms with E-state index in [1.54, 1.807) is 13.1 Å². The van der Waals surface area contributed by atoms with Crippen LogP contribution >= 0.6 is 0 Å². The zero-order valence-corrected chi connectivity index (χ0v) is 7.29. The van der Waals surface area contributed by atoms with Crippen LogP contribution in [0.3, 0.4) is 0 Å². The Bertz CT molecular complexity index is 471. The molecule has 3 N–H and O–H groups in total. The first kappa shape index (κ1) is 7.86. The van der Waals surface area contributed by atoms with E-state index in [0.29, 0.717) is 11.3 Å². The van der Waals surface area contributed by atoms with Gasteiger partial charge in [-0.2, -0.15) is 0 Å². The van der Waals surface area contributed by atoms with Gasteiger partial charge in [-0.3, -0.25) is 4.79 Å². The predicted molar refractivity (Wildman–Crippen MR) is 52.7 cm³/mol. The highest BCUT2D eigenvalue weighted by molar-refractivity contribution is 6.07. The maximum Gasteiger partial charge on any atom is 0.161 e. The number of rotatable bonds is 1. The van der Waals surface area contributed by atoms with E-state index in [-0.39, 0.29) is 5.78 Å². The lowest BCUT2D eigenvalue weighted by molar-refractivity contribution is 0.101. The maximum absolute atomic E-state index is 11.2. The molecule has 3 nitrogen and oxygen atoms in total. The molecule has 0 aliphatic carbocycles. The zero-order chi connectivity index (χ0) is 9.42. The van der Waals surface area contributed by atoms with E-state index in [0.717, 1.165) is 10.9 Å². The topological polar surface area (TPSA) is 58.9 Å². The van der Waals surface area contributed by atoms with Crippen LogP contribution in [-0.4, -0.2) is 10.8 Å². The first-order chi connectivity index (χ1) is 6.18. The van der Waals surface area contributed by atoms with Crippen LogP contribution in [-0.2, 0) is 0 Å². The summed E-state index contributed by atoms with van der Waals surface area (Å²) in [5.74, 6) is 0.0526. The number of benzene rings is 1. The average molecular weight is 174 g/mol. The molecule has 2 rings (SSSR count). The van der Waals surface area contributed by atoms with E-state index in [1.165, 1.54) is 0 Å². The number of hydrogen-bond acceptors (Lipinski definition) is 2. The number of aromatic nitrogens is 1. The molecule has 3 heteroatoms. The molecule has 0 unspecified atom stereocenters. The monoisotopic (exact) mass is 174 g/mol. The summed E-state index contributed by atoms with van der Waals surface area (Å²) in [6.07, 6.45) is 1.71. The van der Waals surface area contributed by atoms with Crippen LogP contribution in [0.1, 0.15) is 17.3 Å². The summed E-state index contributed by atoms with van der Waals surface area (Å²) in [6, 6.07) is 5.49. The van der Waals surface area contributed by atoms with Crippen molar-refractivity contribution in [3.63, 3.8) is 0 Å². The Kier molecular flexibility index (Phi) is 1.59. The lowest BCUT2D eigenvalue weighted by atomic mass is 10.1. The molecule has 0 amide bonds. The lowest BCUT2D eigenvalue weighted by Gasteiger charge is -1.94. The highest BCUT2D eigenvalue weighted by atomic mass is 16.1. The summed E-state index contributed by atoms with van der Waals surface area (Å²) >= 11 is 0. The molecule has 0 saturated carbocycles. The van der Waals surface area contributed by atoms with Crippen molar-refractivity contribution in [2.45, 2.75) is 6.92 Å². The first-order valence-electron chi connectivity index (χ1n) is 4.06. The van der Waals surface area contributed by atoms with Crippen molar-refractivity contribution >= 4 is 22.4 Å². The summed E-state index contributed by atoms with van der Waals surface area (Å²) in [6.45, 7) is 1.55. The maximum atomic E-state index is 11.2. The Morgan fingerprint density at radius 2 is 2.23 bits per heavy atom. The van der Waals surface area contributed by atoms with Gasteiger partial charge in [0, 0.05) is 28.4 Å². The Hall–Kier alpha value is -1.77. The minimum Gasteiger partial charge on any atom is -0.399 e. The molecule has 0 aliphatic rings. The number of aromatic amines is 1. The largest absolute Gasteiger partial charge is 0.399 e. The number of anilines is 1. The van der Waals surface area contributed by atoms with Gasteiger partial charge in [-0.05, 0) is 25.1 Å². The van der Waals surface area contributed by atoms with Crippen LogP contribution in [0, 0.1) is 0 Å². The summed E-state index contributed by atoms with van der Waals surface area (Å²) in [5, 5.41) is 0.896. The van der Waals surface area contributed by atoms with E-state index >= 15 is 0 Å². The molecule has 13 heavy (non-hydrogen) atoms. The van der Waals surface area contributed by atoms with Crippen LogP contribution in [0.25, 0.3) is 10.9 Å². The Labute approximate surface area is 75.6 Å². The van der Waals surface area contributed by atoms with Gasteiger partial charge in [0.15, 0.2) is 5.78 Å². The van der Waals surface area contributed by atoms with E-state index < -0.39 is 0 Å². The van der Waals surface area contributed by atoms with Gasteiger partial charge in [0.25, 0.3) is 0 Å². The van der Waals surface area contributed by atoms with Crippen LogP contribution in [0.15, 0.2) is 24.4 Å². The van der Waals surface area contributed by atoms with Gasteiger partial charge in [0.05, 0.1) is 0 Å². The highest BCUT2D eigenvalue weighted by Crippen LogP contribution is 2.20. The van der Waals surface area contributed by atoms with Gasteiger partial charge < -0.3 is 10.7 Å². The number of hydrogen-bond donors (Lipinski definition) is 2. The number of ketones is 1. The van der Waals surface area contributed by atoms with Crippen molar-refractivity contribution < 1.29 is 4.79 Å². The number of nitrogens with two attached hydrogens (primary N) is 1. The first-order valence-corrected chi connectivity index (χ1v) is 4.06. The molecular weight excluding hydrogens is 164 g/mol. The fourth-order valence-electron chi connectivity index (χ4n) is 1.43. The van der Waals surface area contributed by atoms with Crippen molar-refractivity contribution in [1.82, 2.24) is 4.98 Å². The van der Waals surface area contributed by atoms with Gasteiger partial charge in [-0.15, -0.1) is 0 Å². The molecule has 66 valence electrons. The van der Waals surface area contributed by atoms with Gasteiger partial charge in [0.2, 0.25) is 0 Å². The number of nitrogens with one attached hydrogen (secondary N) is 1. The minimum atomic E-state index is 0.0526. The Morgan fingerprint density at radius 3 is 2.92 bits per heavy atom. The third-order valence-corrected chi connectivity index (χ3v) is 2.09. The fraction of sp³-hybridized carbons (Fsp3) is 0.100. The molecule has 0 radical (unpaired) electrons. The van der Waals surface area contributed by atoms with Crippen LogP contribution < -0.4 is 5.73 Å². The highest BCUT2D eigenvalue weighted by Gasteiger charge is 2.06. The van der Waals surface area contributed by atoms with Gasteiger partial charge in [-0.25, -0.2) is 0 Å². The number of nitrogen functional groups attached to an aromatic ring is 1. The van der Waals surface area contributed by atoms with Crippen molar-refractivity contribution in [2.24, 2.45) is 0 Å². The minimum absolute atomic E-state index is 0.0526. The zero-order valence-electron chi connectivity index (χ0n) is 7.29. The number of fused-ring (bicyclic) bond motifs is 1. The van der Waals surface area contributed by atoms with E-state index in [9.17, 15) is 4.79 Å². The van der Waals surface area contributed by atoms with Crippen molar-refractivity contribution in [3.05, 3.63) is 30.0 Å². The summed E-state index contributed by atoms with van der Waals surface area (Å²) in [5.41, 5.74) is 7.94. The number of carbonyl (C=O) groups is 1. The molecule has 1 aromatic carbocycles. The third kappa shape index (κ3) is 1.18. The summed E-state index contributed by atoms with van der Waals surface area (Å²) in [7, 11) is 0. The van der Waals surface area contributed by atoms with Crippen LogP contribution in [0.4, 0.5) is 5.69 Å². The second kappa shape index (κ2) is 2.62. The molecule has 0 atom stereocenters. The van der Waals surface area contributed by atoms with Crippen molar-refractivity contribution in [1.29, 1.82) is 0 Å². The number of carbonyl (C=O) groups excluding carboxylic acids is 1. The molecule has 0 spiro atoms. The SMILES string of the molecule is CC(=O)c1c[nH]c2ccc(N)cc12. The number of H-pyrrole nitrogens is 1. The summed E-state index contributed by atoms with van der Waals surface area (Å²) in [4.78, 5) is 14.2. The molecule has 2 aromatic rings. The second-order valence-corrected chi connectivity index (χ2v) is 3.06.